The summed E-state index contributed by atoms with van der Waals surface area (Å²) in [6.07, 6.45) is 2.56. The highest BCUT2D eigenvalue weighted by Crippen LogP contribution is 2.03. The zero-order chi connectivity index (χ0) is 10.4. The third kappa shape index (κ3) is 3.60. The second-order valence-corrected chi connectivity index (χ2v) is 3.46. The highest BCUT2D eigenvalue weighted by atomic mass is 35.5. The zero-order valence-corrected chi connectivity index (χ0v) is 9.46. The Balaban J connectivity index is 2.44. The van der Waals surface area contributed by atoms with Gasteiger partial charge in [0.2, 0.25) is 0 Å². The molecular weight excluding hydrogens is 198 g/mol. The smallest absolute Gasteiger partial charge is 0.132 e. The molecule has 0 fully saturated rings. The molecule has 1 heterocycles. The fourth-order valence-electron chi connectivity index (χ4n) is 1.29. The van der Waals surface area contributed by atoms with Crippen LogP contribution in [0.5, 0.6) is 0 Å². The third-order valence-corrected chi connectivity index (χ3v) is 2.43. The predicted molar refractivity (Wildman–Crippen MR) is 58.5 cm³/mol. The van der Waals surface area contributed by atoms with Crippen molar-refractivity contribution in [1.82, 2.24) is 14.9 Å². The molecule has 0 aliphatic rings. The van der Waals surface area contributed by atoms with Gasteiger partial charge >= 0.3 is 0 Å². The van der Waals surface area contributed by atoms with E-state index in [1.165, 1.54) is 0 Å². The van der Waals surface area contributed by atoms with E-state index in [1.54, 1.807) is 12.3 Å². The van der Waals surface area contributed by atoms with E-state index in [1.807, 2.05) is 0 Å². The number of hydrogen-bond donors (Lipinski definition) is 0. The molecule has 0 radical (unpaired) electrons. The van der Waals surface area contributed by atoms with Crippen molar-refractivity contribution in [1.29, 1.82) is 0 Å². The van der Waals surface area contributed by atoms with Crippen LogP contribution < -0.4 is 0 Å². The molecular formula is C10H16ClN3. The summed E-state index contributed by atoms with van der Waals surface area (Å²) in [5, 5.41) is 0.523. The van der Waals surface area contributed by atoms with Crippen LogP contribution in [0.1, 0.15) is 19.7 Å². The van der Waals surface area contributed by atoms with Crippen LogP contribution in [0.15, 0.2) is 12.3 Å². The maximum Gasteiger partial charge on any atom is 0.132 e. The van der Waals surface area contributed by atoms with Crippen LogP contribution >= 0.6 is 11.6 Å². The second kappa shape index (κ2) is 5.94. The first-order chi connectivity index (χ1) is 6.76. The van der Waals surface area contributed by atoms with Gasteiger partial charge in [-0.15, -0.1) is 0 Å². The minimum atomic E-state index is 0.523. The van der Waals surface area contributed by atoms with E-state index in [4.69, 9.17) is 11.6 Å². The fourth-order valence-corrected chi connectivity index (χ4v) is 1.45. The molecule has 0 atom stereocenters. The van der Waals surface area contributed by atoms with Gasteiger partial charge in [0, 0.05) is 19.2 Å². The first-order valence-corrected chi connectivity index (χ1v) is 5.33. The summed E-state index contributed by atoms with van der Waals surface area (Å²) in [5.41, 5.74) is 0. The van der Waals surface area contributed by atoms with Crippen molar-refractivity contribution in [3.63, 3.8) is 0 Å². The number of hydrogen-bond acceptors (Lipinski definition) is 3. The summed E-state index contributed by atoms with van der Waals surface area (Å²) in [6, 6.07) is 1.70. The van der Waals surface area contributed by atoms with Gasteiger partial charge in [0.25, 0.3) is 0 Å². The Labute approximate surface area is 90.1 Å². The van der Waals surface area contributed by atoms with Crippen LogP contribution in [0.2, 0.25) is 5.15 Å². The number of rotatable bonds is 5. The van der Waals surface area contributed by atoms with Crippen molar-refractivity contribution in [2.24, 2.45) is 0 Å². The number of likely N-dealkylation sites (N-methyl/N-ethyl adjacent to an activating group) is 1. The Morgan fingerprint density at radius 2 is 2.07 bits per heavy atom. The molecule has 0 unspecified atom stereocenters. The van der Waals surface area contributed by atoms with E-state index >= 15 is 0 Å². The molecule has 0 aliphatic heterocycles. The van der Waals surface area contributed by atoms with Gasteiger partial charge < -0.3 is 4.90 Å². The average Bonchev–Trinajstić information content (AvgIpc) is 2.19. The molecule has 1 aromatic rings. The van der Waals surface area contributed by atoms with Crippen LogP contribution in [0.25, 0.3) is 0 Å². The van der Waals surface area contributed by atoms with Crippen LogP contribution in [-0.4, -0.2) is 34.5 Å². The van der Waals surface area contributed by atoms with Crippen LogP contribution in [0.4, 0.5) is 0 Å². The first kappa shape index (κ1) is 11.4. The van der Waals surface area contributed by atoms with Crippen molar-refractivity contribution in [2.75, 3.05) is 19.6 Å². The van der Waals surface area contributed by atoms with E-state index in [2.05, 4.69) is 28.7 Å². The topological polar surface area (TPSA) is 29.0 Å². The van der Waals surface area contributed by atoms with E-state index in [9.17, 15) is 0 Å². The van der Waals surface area contributed by atoms with Crippen molar-refractivity contribution in [2.45, 2.75) is 20.3 Å². The predicted octanol–water partition coefficient (Wildman–Crippen LogP) is 2.01. The lowest BCUT2D eigenvalue weighted by Gasteiger charge is -2.16. The molecule has 78 valence electrons. The minimum absolute atomic E-state index is 0.523. The number of halogens is 1. The van der Waals surface area contributed by atoms with Gasteiger partial charge in [0.05, 0.1) is 0 Å². The molecule has 4 heteroatoms. The van der Waals surface area contributed by atoms with Crippen LogP contribution in [0, 0.1) is 0 Å². The first-order valence-electron chi connectivity index (χ1n) is 4.96. The van der Waals surface area contributed by atoms with Crippen molar-refractivity contribution >= 4 is 11.6 Å². The zero-order valence-electron chi connectivity index (χ0n) is 8.70. The Hall–Kier alpha value is -0.670. The van der Waals surface area contributed by atoms with Gasteiger partial charge in [-0.25, -0.2) is 9.97 Å². The summed E-state index contributed by atoms with van der Waals surface area (Å²) in [7, 11) is 0. The molecule has 0 aliphatic carbocycles. The minimum Gasteiger partial charge on any atom is -0.303 e. The fraction of sp³-hybridized carbons (Fsp3) is 0.600. The maximum absolute atomic E-state index is 5.76. The van der Waals surface area contributed by atoms with Gasteiger partial charge in [-0.3, -0.25) is 0 Å². The van der Waals surface area contributed by atoms with E-state index in [0.29, 0.717) is 5.15 Å². The Bertz CT molecular complexity index is 274. The summed E-state index contributed by atoms with van der Waals surface area (Å²) >= 11 is 5.76. The molecule has 0 amide bonds. The maximum atomic E-state index is 5.76. The number of nitrogens with zero attached hydrogens (tertiary/aromatic N) is 3. The largest absolute Gasteiger partial charge is 0.303 e. The van der Waals surface area contributed by atoms with E-state index in [0.717, 1.165) is 31.9 Å². The summed E-state index contributed by atoms with van der Waals surface area (Å²) < 4.78 is 0. The highest BCUT2D eigenvalue weighted by Gasteiger charge is 2.02. The van der Waals surface area contributed by atoms with Gasteiger partial charge in [0.1, 0.15) is 11.0 Å². The van der Waals surface area contributed by atoms with Crippen LogP contribution in [0.3, 0.4) is 0 Å². The van der Waals surface area contributed by atoms with Gasteiger partial charge in [0.15, 0.2) is 0 Å². The quantitative estimate of drug-likeness (QED) is 0.701. The number of aromatic nitrogens is 2. The lowest BCUT2D eigenvalue weighted by molar-refractivity contribution is 0.305. The Kier molecular flexibility index (Phi) is 4.84. The molecule has 0 N–H and O–H groups in total. The lowest BCUT2D eigenvalue weighted by Crippen LogP contribution is -2.25. The van der Waals surface area contributed by atoms with Crippen molar-refractivity contribution in [3.05, 3.63) is 23.2 Å². The van der Waals surface area contributed by atoms with Crippen molar-refractivity contribution in [3.8, 4) is 0 Å². The summed E-state index contributed by atoms with van der Waals surface area (Å²) in [6.45, 7) is 7.44. The third-order valence-electron chi connectivity index (χ3n) is 2.22. The monoisotopic (exact) mass is 213 g/mol. The SMILES string of the molecule is CCN(CC)CCc1nccc(Cl)n1. The standard InChI is InChI=1S/C10H16ClN3/c1-3-14(4-2)8-6-10-12-7-5-9(11)13-10/h5,7H,3-4,6,8H2,1-2H3. The molecule has 3 nitrogen and oxygen atoms in total. The van der Waals surface area contributed by atoms with Gasteiger partial charge in [-0.1, -0.05) is 25.4 Å². The normalized spacial score (nSPS) is 10.9. The van der Waals surface area contributed by atoms with Crippen LogP contribution in [-0.2, 0) is 6.42 Å². The molecule has 0 bridgehead atoms. The van der Waals surface area contributed by atoms with E-state index < -0.39 is 0 Å². The molecule has 0 saturated carbocycles. The molecule has 0 aromatic carbocycles. The van der Waals surface area contributed by atoms with Crippen molar-refractivity contribution < 1.29 is 0 Å². The Morgan fingerprint density at radius 3 is 2.64 bits per heavy atom. The molecule has 0 spiro atoms. The highest BCUT2D eigenvalue weighted by molar-refractivity contribution is 6.29. The molecule has 14 heavy (non-hydrogen) atoms. The van der Waals surface area contributed by atoms with E-state index in [-0.39, 0.29) is 0 Å². The summed E-state index contributed by atoms with van der Waals surface area (Å²) in [5.74, 6) is 0.824. The Morgan fingerprint density at radius 1 is 1.36 bits per heavy atom. The molecule has 0 saturated heterocycles. The summed E-state index contributed by atoms with van der Waals surface area (Å²) in [4.78, 5) is 10.6. The lowest BCUT2D eigenvalue weighted by atomic mass is 10.3. The second-order valence-electron chi connectivity index (χ2n) is 3.07. The van der Waals surface area contributed by atoms with Gasteiger partial charge in [-0.05, 0) is 19.2 Å². The average molecular weight is 214 g/mol. The van der Waals surface area contributed by atoms with Gasteiger partial charge in [-0.2, -0.15) is 0 Å². The molecule has 1 rings (SSSR count). The molecule has 1 aromatic heterocycles.